The van der Waals surface area contributed by atoms with Gasteiger partial charge in [-0.25, -0.2) is 0 Å². The van der Waals surface area contributed by atoms with Crippen LogP contribution < -0.4 is 10.2 Å². The second-order valence-electron chi connectivity index (χ2n) is 7.37. The van der Waals surface area contributed by atoms with E-state index < -0.39 is 0 Å². The molecule has 0 aliphatic carbocycles. The summed E-state index contributed by atoms with van der Waals surface area (Å²) >= 11 is 0. The van der Waals surface area contributed by atoms with Crippen LogP contribution in [0.1, 0.15) is 24.0 Å². The number of nitrogens with one attached hydrogen (secondary N) is 1. The van der Waals surface area contributed by atoms with Gasteiger partial charge in [-0.1, -0.05) is 60.7 Å². The van der Waals surface area contributed by atoms with E-state index in [0.29, 0.717) is 13.1 Å². The van der Waals surface area contributed by atoms with Crippen molar-refractivity contribution in [3.8, 4) is 0 Å². The topological polar surface area (TPSA) is 61.4 Å². The van der Waals surface area contributed by atoms with E-state index in [-0.39, 0.29) is 11.8 Å². The van der Waals surface area contributed by atoms with Gasteiger partial charge < -0.3 is 15.1 Å². The van der Waals surface area contributed by atoms with Gasteiger partial charge in [0.05, 0.1) is 5.92 Å². The average Bonchev–Trinajstić information content (AvgIpc) is 2.81. The van der Waals surface area contributed by atoms with Gasteiger partial charge in [0.15, 0.2) is 5.82 Å². The zero-order valence-corrected chi connectivity index (χ0v) is 17.2. The number of nitrogens with zero attached hydrogens (tertiary/aromatic N) is 4. The number of hydrogen-bond acceptors (Lipinski definition) is 5. The van der Waals surface area contributed by atoms with Gasteiger partial charge in [-0.15, -0.1) is 10.2 Å². The van der Waals surface area contributed by atoms with Gasteiger partial charge in [-0.3, -0.25) is 4.79 Å². The van der Waals surface area contributed by atoms with Crippen LogP contribution in [-0.4, -0.2) is 53.7 Å². The van der Waals surface area contributed by atoms with E-state index >= 15 is 0 Å². The van der Waals surface area contributed by atoms with Crippen molar-refractivity contribution in [2.24, 2.45) is 0 Å². The molecule has 0 unspecified atom stereocenters. The summed E-state index contributed by atoms with van der Waals surface area (Å²) in [6.45, 7) is 5.69. The Hall–Kier alpha value is -3.41. The molecule has 2 heterocycles. The van der Waals surface area contributed by atoms with Gasteiger partial charge >= 0.3 is 0 Å². The van der Waals surface area contributed by atoms with Crippen LogP contribution in [0.5, 0.6) is 0 Å². The Labute approximate surface area is 177 Å². The normalized spacial score (nSPS) is 14.1. The summed E-state index contributed by atoms with van der Waals surface area (Å²) in [5.74, 6) is 1.51. The summed E-state index contributed by atoms with van der Waals surface area (Å²) in [6, 6.07) is 24.0. The molecular formula is C24H27N5O. The fourth-order valence-electron chi connectivity index (χ4n) is 3.88. The van der Waals surface area contributed by atoms with Crippen molar-refractivity contribution in [3.05, 3.63) is 83.9 Å². The lowest BCUT2D eigenvalue weighted by atomic mass is 9.90. The monoisotopic (exact) mass is 401 g/mol. The summed E-state index contributed by atoms with van der Waals surface area (Å²) < 4.78 is 0. The zero-order chi connectivity index (χ0) is 20.8. The maximum Gasteiger partial charge on any atom is 0.234 e. The molecule has 1 aliphatic heterocycles. The number of anilines is 2. The van der Waals surface area contributed by atoms with E-state index in [2.05, 4.69) is 20.4 Å². The van der Waals surface area contributed by atoms with Gasteiger partial charge in [-0.2, -0.15) is 0 Å². The summed E-state index contributed by atoms with van der Waals surface area (Å²) in [5.41, 5.74) is 2.06. The van der Waals surface area contributed by atoms with E-state index in [1.54, 1.807) is 0 Å². The van der Waals surface area contributed by atoms with E-state index in [4.69, 9.17) is 0 Å². The third kappa shape index (κ3) is 4.43. The number of piperazine rings is 1. The van der Waals surface area contributed by atoms with E-state index in [9.17, 15) is 4.79 Å². The number of carbonyl (C=O) groups is 1. The Bertz CT molecular complexity index is 899. The number of aromatic nitrogens is 2. The van der Waals surface area contributed by atoms with Crippen molar-refractivity contribution in [1.82, 2.24) is 15.1 Å². The summed E-state index contributed by atoms with van der Waals surface area (Å²) in [5, 5.41) is 11.7. The second-order valence-corrected chi connectivity index (χ2v) is 7.37. The molecule has 6 heteroatoms. The van der Waals surface area contributed by atoms with Crippen molar-refractivity contribution in [3.63, 3.8) is 0 Å². The molecule has 0 atom stereocenters. The van der Waals surface area contributed by atoms with Crippen molar-refractivity contribution in [2.75, 3.05) is 42.9 Å². The molecule has 6 nitrogen and oxygen atoms in total. The Balaban J connectivity index is 1.47. The first-order chi connectivity index (χ1) is 14.8. The Morgan fingerprint density at radius 2 is 1.47 bits per heavy atom. The van der Waals surface area contributed by atoms with E-state index in [0.717, 1.165) is 42.4 Å². The maximum absolute atomic E-state index is 13.5. The molecule has 1 aliphatic rings. The first-order valence-electron chi connectivity index (χ1n) is 10.5. The first-order valence-corrected chi connectivity index (χ1v) is 10.5. The van der Waals surface area contributed by atoms with Crippen LogP contribution in [0.3, 0.4) is 0 Å². The first kappa shape index (κ1) is 19.9. The molecule has 0 saturated carbocycles. The molecule has 0 bridgehead atoms. The smallest absolute Gasteiger partial charge is 0.234 e. The molecular weight excluding hydrogens is 374 g/mol. The quantitative estimate of drug-likeness (QED) is 0.686. The minimum Gasteiger partial charge on any atom is -0.369 e. The Morgan fingerprint density at radius 1 is 0.867 bits per heavy atom. The van der Waals surface area contributed by atoms with Crippen molar-refractivity contribution in [2.45, 2.75) is 12.8 Å². The van der Waals surface area contributed by atoms with Crippen LogP contribution >= 0.6 is 0 Å². The third-order valence-corrected chi connectivity index (χ3v) is 5.44. The lowest BCUT2D eigenvalue weighted by Crippen LogP contribution is -2.50. The molecule has 1 saturated heterocycles. The summed E-state index contributed by atoms with van der Waals surface area (Å²) in [6.07, 6.45) is 0. The SMILES string of the molecule is CCNc1ccc(N2CCN(C(=O)C(c3ccccc3)c3ccccc3)CC2)nn1. The molecule has 30 heavy (non-hydrogen) atoms. The highest BCUT2D eigenvalue weighted by Crippen LogP contribution is 2.27. The van der Waals surface area contributed by atoms with Gasteiger partial charge in [-0.05, 0) is 30.2 Å². The summed E-state index contributed by atoms with van der Waals surface area (Å²) in [4.78, 5) is 17.7. The molecule has 2 aromatic carbocycles. The fourth-order valence-corrected chi connectivity index (χ4v) is 3.88. The summed E-state index contributed by atoms with van der Waals surface area (Å²) in [7, 11) is 0. The van der Waals surface area contributed by atoms with Gasteiger partial charge in [0.1, 0.15) is 5.82 Å². The van der Waals surface area contributed by atoms with Crippen LogP contribution in [0.25, 0.3) is 0 Å². The van der Waals surface area contributed by atoms with Crippen molar-refractivity contribution < 1.29 is 4.79 Å². The molecule has 3 aromatic rings. The van der Waals surface area contributed by atoms with Crippen LogP contribution in [0.2, 0.25) is 0 Å². The Morgan fingerprint density at radius 3 is 1.97 bits per heavy atom. The minimum atomic E-state index is -0.279. The second kappa shape index (κ2) is 9.39. The molecule has 0 radical (unpaired) electrons. The highest BCUT2D eigenvalue weighted by molar-refractivity contribution is 5.87. The number of rotatable bonds is 6. The van der Waals surface area contributed by atoms with Crippen LogP contribution in [0, 0.1) is 0 Å². The van der Waals surface area contributed by atoms with E-state index in [1.807, 2.05) is 84.6 Å². The standard InChI is InChI=1S/C24H27N5O/c1-2-25-21-13-14-22(27-26-21)28-15-17-29(18-16-28)24(30)23(19-9-5-3-6-10-19)20-11-7-4-8-12-20/h3-14,23H,2,15-18H2,1H3,(H,25,26). The Kier molecular flexibility index (Phi) is 6.23. The van der Waals surface area contributed by atoms with Crippen LogP contribution in [0.15, 0.2) is 72.8 Å². The largest absolute Gasteiger partial charge is 0.369 e. The zero-order valence-electron chi connectivity index (χ0n) is 17.2. The predicted molar refractivity (Wildman–Crippen MR) is 120 cm³/mol. The van der Waals surface area contributed by atoms with Gasteiger partial charge in [0.25, 0.3) is 0 Å². The molecule has 154 valence electrons. The molecule has 4 rings (SSSR count). The number of hydrogen-bond donors (Lipinski definition) is 1. The average molecular weight is 402 g/mol. The van der Waals surface area contributed by atoms with Crippen LogP contribution in [-0.2, 0) is 4.79 Å². The predicted octanol–water partition coefficient (Wildman–Crippen LogP) is 3.39. The molecule has 1 N–H and O–H groups in total. The lowest BCUT2D eigenvalue weighted by Gasteiger charge is -2.37. The molecule has 1 fully saturated rings. The molecule has 0 spiro atoms. The van der Waals surface area contributed by atoms with Crippen molar-refractivity contribution >= 4 is 17.5 Å². The fraction of sp³-hybridized carbons (Fsp3) is 0.292. The highest BCUT2D eigenvalue weighted by atomic mass is 16.2. The molecule has 1 aromatic heterocycles. The van der Waals surface area contributed by atoms with Gasteiger partial charge in [0, 0.05) is 32.7 Å². The third-order valence-electron chi connectivity index (χ3n) is 5.44. The molecule has 1 amide bonds. The number of benzene rings is 2. The van der Waals surface area contributed by atoms with Gasteiger partial charge in [0.2, 0.25) is 5.91 Å². The van der Waals surface area contributed by atoms with Crippen LogP contribution in [0.4, 0.5) is 11.6 Å². The number of amides is 1. The van der Waals surface area contributed by atoms with E-state index in [1.165, 1.54) is 0 Å². The minimum absolute atomic E-state index is 0.153. The maximum atomic E-state index is 13.5. The highest BCUT2D eigenvalue weighted by Gasteiger charge is 2.30. The number of carbonyl (C=O) groups excluding carboxylic acids is 1. The van der Waals surface area contributed by atoms with Crippen molar-refractivity contribution in [1.29, 1.82) is 0 Å². The lowest BCUT2D eigenvalue weighted by molar-refractivity contribution is -0.132.